The van der Waals surface area contributed by atoms with Gasteiger partial charge in [-0.1, -0.05) is 0 Å². The van der Waals surface area contributed by atoms with Crippen molar-refractivity contribution in [2.45, 2.75) is 20.4 Å². The van der Waals surface area contributed by atoms with E-state index in [1.807, 2.05) is 0 Å². The second kappa shape index (κ2) is 8.30. The third-order valence-electron chi connectivity index (χ3n) is 3.99. The molecule has 10 nitrogen and oxygen atoms in total. The first-order chi connectivity index (χ1) is 12.7. The molecule has 0 fully saturated rings. The van der Waals surface area contributed by atoms with E-state index in [2.05, 4.69) is 10.4 Å². The maximum Gasteiger partial charge on any atom is 0.312 e. The van der Waals surface area contributed by atoms with Crippen LogP contribution < -0.4 is 10.1 Å². The van der Waals surface area contributed by atoms with Gasteiger partial charge in [0.25, 0.3) is 0 Å². The summed E-state index contributed by atoms with van der Waals surface area (Å²) in [5, 5.41) is 17.7. The molecule has 0 saturated heterocycles. The Labute approximate surface area is 155 Å². The number of aromatic nitrogens is 2. The van der Waals surface area contributed by atoms with Crippen LogP contribution in [0.4, 0.5) is 11.4 Å². The smallest absolute Gasteiger partial charge is 0.312 e. The molecule has 0 unspecified atom stereocenters. The third-order valence-corrected chi connectivity index (χ3v) is 3.99. The van der Waals surface area contributed by atoms with Crippen LogP contribution in [0.25, 0.3) is 0 Å². The van der Waals surface area contributed by atoms with E-state index >= 15 is 0 Å². The van der Waals surface area contributed by atoms with Crippen LogP contribution in [-0.4, -0.2) is 52.1 Å². The van der Waals surface area contributed by atoms with Gasteiger partial charge in [0.15, 0.2) is 0 Å². The first-order valence-corrected chi connectivity index (χ1v) is 8.09. The van der Waals surface area contributed by atoms with Crippen LogP contribution in [-0.2, 0) is 16.1 Å². The van der Waals surface area contributed by atoms with E-state index in [0.717, 1.165) is 0 Å². The van der Waals surface area contributed by atoms with Crippen molar-refractivity contribution in [2.24, 2.45) is 0 Å². The molecule has 0 aliphatic rings. The number of nitro groups is 1. The summed E-state index contributed by atoms with van der Waals surface area (Å²) < 4.78 is 6.32. The predicted octanol–water partition coefficient (Wildman–Crippen LogP) is 1.51. The minimum absolute atomic E-state index is 0.109. The highest BCUT2D eigenvalue weighted by molar-refractivity contribution is 5.94. The highest BCUT2D eigenvalue weighted by atomic mass is 16.6. The van der Waals surface area contributed by atoms with Gasteiger partial charge in [-0.2, -0.15) is 5.10 Å². The van der Waals surface area contributed by atoms with Crippen LogP contribution in [0.5, 0.6) is 5.75 Å². The van der Waals surface area contributed by atoms with E-state index in [0.29, 0.717) is 17.1 Å². The van der Waals surface area contributed by atoms with Crippen molar-refractivity contribution in [3.05, 3.63) is 45.8 Å². The predicted molar refractivity (Wildman–Crippen MR) is 97.6 cm³/mol. The van der Waals surface area contributed by atoms with E-state index in [9.17, 15) is 19.7 Å². The van der Waals surface area contributed by atoms with Crippen molar-refractivity contribution in [1.82, 2.24) is 14.7 Å². The number of amides is 2. The van der Waals surface area contributed by atoms with Crippen LogP contribution in [0.15, 0.2) is 24.3 Å². The van der Waals surface area contributed by atoms with Gasteiger partial charge in [0.1, 0.15) is 23.7 Å². The molecule has 2 amide bonds. The SMILES string of the molecule is COc1ccc(NC(=O)CN(C)C(=O)Cn2nc(C)c([N+](=O)[O-])c2C)cc1. The molecule has 10 heteroatoms. The molecule has 27 heavy (non-hydrogen) atoms. The Bertz CT molecular complexity index is 859. The molecule has 2 aromatic rings. The van der Waals surface area contributed by atoms with Crippen molar-refractivity contribution in [1.29, 1.82) is 0 Å². The number of hydrogen-bond donors (Lipinski definition) is 1. The zero-order valence-electron chi connectivity index (χ0n) is 15.6. The Hall–Kier alpha value is -3.43. The number of carbonyl (C=O) groups excluding carboxylic acids is 2. The van der Waals surface area contributed by atoms with Gasteiger partial charge in [0, 0.05) is 12.7 Å². The van der Waals surface area contributed by atoms with Crippen molar-refractivity contribution in [3.63, 3.8) is 0 Å². The zero-order valence-corrected chi connectivity index (χ0v) is 15.6. The molecule has 0 saturated carbocycles. The molecule has 0 aliphatic carbocycles. The van der Waals surface area contributed by atoms with Crippen molar-refractivity contribution < 1.29 is 19.2 Å². The van der Waals surface area contributed by atoms with Gasteiger partial charge < -0.3 is 15.0 Å². The lowest BCUT2D eigenvalue weighted by Crippen LogP contribution is -2.37. The monoisotopic (exact) mass is 375 g/mol. The van der Waals surface area contributed by atoms with Crippen molar-refractivity contribution in [2.75, 3.05) is 26.0 Å². The Morgan fingerprint density at radius 3 is 2.44 bits per heavy atom. The molecule has 1 N–H and O–H groups in total. The summed E-state index contributed by atoms with van der Waals surface area (Å²) in [6, 6.07) is 6.79. The van der Waals surface area contributed by atoms with Crippen LogP contribution in [0, 0.1) is 24.0 Å². The van der Waals surface area contributed by atoms with Crippen LogP contribution in [0.2, 0.25) is 0 Å². The average molecular weight is 375 g/mol. The molecule has 0 spiro atoms. The summed E-state index contributed by atoms with van der Waals surface area (Å²) in [7, 11) is 3.03. The molecule has 0 bridgehead atoms. The number of hydrogen-bond acceptors (Lipinski definition) is 6. The molecule has 1 aromatic carbocycles. The van der Waals surface area contributed by atoms with Crippen molar-refractivity contribution in [3.8, 4) is 5.75 Å². The molecule has 144 valence electrons. The Balaban J connectivity index is 1.96. The number of anilines is 1. The number of likely N-dealkylation sites (N-methyl/N-ethyl adjacent to an activating group) is 1. The first-order valence-electron chi connectivity index (χ1n) is 8.09. The fraction of sp³-hybridized carbons (Fsp3) is 0.353. The molecule has 1 heterocycles. The van der Waals surface area contributed by atoms with Crippen LogP contribution >= 0.6 is 0 Å². The lowest BCUT2D eigenvalue weighted by molar-refractivity contribution is -0.386. The van der Waals surface area contributed by atoms with E-state index in [-0.39, 0.29) is 36.3 Å². The van der Waals surface area contributed by atoms with E-state index in [4.69, 9.17) is 4.74 Å². The molecular formula is C17H21N5O5. The van der Waals surface area contributed by atoms with Gasteiger partial charge >= 0.3 is 5.69 Å². The maximum atomic E-state index is 12.3. The Morgan fingerprint density at radius 1 is 1.30 bits per heavy atom. The van der Waals surface area contributed by atoms with Crippen molar-refractivity contribution >= 4 is 23.2 Å². The average Bonchev–Trinajstić information content (AvgIpc) is 2.88. The normalized spacial score (nSPS) is 10.4. The van der Waals surface area contributed by atoms with Gasteiger partial charge in [-0.15, -0.1) is 0 Å². The minimum atomic E-state index is -0.523. The van der Waals surface area contributed by atoms with E-state index < -0.39 is 4.92 Å². The highest BCUT2D eigenvalue weighted by Crippen LogP contribution is 2.21. The minimum Gasteiger partial charge on any atom is -0.497 e. The van der Waals surface area contributed by atoms with Gasteiger partial charge in [0.05, 0.1) is 18.6 Å². The van der Waals surface area contributed by atoms with Gasteiger partial charge in [0.2, 0.25) is 11.8 Å². The largest absolute Gasteiger partial charge is 0.497 e. The first kappa shape index (κ1) is 19.9. The number of methoxy groups -OCH3 is 1. The molecule has 0 atom stereocenters. The molecular weight excluding hydrogens is 354 g/mol. The molecule has 0 radical (unpaired) electrons. The van der Waals surface area contributed by atoms with Crippen LogP contribution in [0.1, 0.15) is 11.4 Å². The van der Waals surface area contributed by atoms with Gasteiger partial charge in [-0.25, -0.2) is 0 Å². The standard InChI is InChI=1S/C17H21N5O5/c1-11-17(22(25)26)12(2)21(19-11)10-16(24)20(3)9-15(23)18-13-5-7-14(27-4)8-6-13/h5-8H,9-10H2,1-4H3,(H,18,23). The fourth-order valence-electron chi connectivity index (χ4n) is 2.53. The summed E-state index contributed by atoms with van der Waals surface area (Å²) in [4.78, 5) is 36.2. The summed E-state index contributed by atoms with van der Waals surface area (Å²) >= 11 is 0. The van der Waals surface area contributed by atoms with E-state index in [1.54, 1.807) is 31.4 Å². The summed E-state index contributed by atoms with van der Waals surface area (Å²) in [6.45, 7) is 2.69. The number of benzene rings is 1. The summed E-state index contributed by atoms with van der Waals surface area (Å²) in [5.74, 6) is -0.0879. The number of ether oxygens (including phenoxy) is 1. The quantitative estimate of drug-likeness (QED) is 0.579. The molecule has 0 aliphatic heterocycles. The Kier molecular flexibility index (Phi) is 6.11. The molecule has 1 aromatic heterocycles. The van der Waals surface area contributed by atoms with Gasteiger partial charge in [-0.3, -0.25) is 24.4 Å². The van der Waals surface area contributed by atoms with E-state index in [1.165, 1.54) is 30.5 Å². The maximum absolute atomic E-state index is 12.3. The fourth-order valence-corrected chi connectivity index (χ4v) is 2.53. The van der Waals surface area contributed by atoms with Gasteiger partial charge in [-0.05, 0) is 38.1 Å². The topological polar surface area (TPSA) is 120 Å². The number of aryl methyl sites for hydroxylation is 1. The highest BCUT2D eigenvalue weighted by Gasteiger charge is 2.24. The number of nitrogens with zero attached hydrogens (tertiary/aromatic N) is 4. The summed E-state index contributed by atoms with van der Waals surface area (Å²) in [6.07, 6.45) is 0. The molecule has 2 rings (SSSR count). The lowest BCUT2D eigenvalue weighted by Gasteiger charge is -2.17. The third kappa shape index (κ3) is 4.81. The Morgan fingerprint density at radius 2 is 1.93 bits per heavy atom. The van der Waals surface area contributed by atoms with Crippen LogP contribution in [0.3, 0.4) is 0 Å². The second-order valence-electron chi connectivity index (χ2n) is 5.96. The zero-order chi connectivity index (χ0) is 20.1. The number of rotatable bonds is 7. The number of nitrogens with one attached hydrogen (secondary N) is 1. The summed E-state index contributed by atoms with van der Waals surface area (Å²) in [5.41, 5.74) is 1.01. The lowest BCUT2D eigenvalue weighted by atomic mass is 10.3. The number of carbonyl (C=O) groups is 2. The second-order valence-corrected chi connectivity index (χ2v) is 5.96.